The quantitative estimate of drug-likeness (QED) is 0.791. The van der Waals surface area contributed by atoms with E-state index in [0.717, 1.165) is 19.6 Å². The summed E-state index contributed by atoms with van der Waals surface area (Å²) in [6, 6.07) is 15.2. The number of nitrogens with one attached hydrogen (secondary N) is 1. The van der Waals surface area contributed by atoms with Crippen LogP contribution in [0.5, 0.6) is 0 Å². The predicted molar refractivity (Wildman–Crippen MR) is 86.3 cm³/mol. The lowest BCUT2D eigenvalue weighted by Crippen LogP contribution is -2.29. The van der Waals surface area contributed by atoms with Gasteiger partial charge in [-0.2, -0.15) is 0 Å². The van der Waals surface area contributed by atoms with Gasteiger partial charge in [0.1, 0.15) is 0 Å². The van der Waals surface area contributed by atoms with Gasteiger partial charge >= 0.3 is 0 Å². The van der Waals surface area contributed by atoms with Gasteiger partial charge < -0.3 is 10.1 Å². The summed E-state index contributed by atoms with van der Waals surface area (Å²) in [6.45, 7) is 5.94. The Hall–Kier alpha value is -1.16. The fourth-order valence-electron chi connectivity index (χ4n) is 2.04. The van der Waals surface area contributed by atoms with Gasteiger partial charge in [0, 0.05) is 23.9 Å². The lowest BCUT2D eigenvalue weighted by atomic mass is 10.1. The largest absolute Gasteiger partial charge is 0.372 e. The van der Waals surface area contributed by atoms with Gasteiger partial charge in [0.25, 0.3) is 0 Å². The van der Waals surface area contributed by atoms with Crippen LogP contribution in [-0.2, 0) is 11.2 Å². The highest BCUT2D eigenvalue weighted by atomic mass is 32.1. The van der Waals surface area contributed by atoms with Crippen molar-refractivity contribution in [3.05, 3.63) is 58.3 Å². The number of hydrogen-bond acceptors (Lipinski definition) is 3. The van der Waals surface area contributed by atoms with Crippen molar-refractivity contribution in [3.63, 3.8) is 0 Å². The predicted octanol–water partition coefficient (Wildman–Crippen LogP) is 4.05. The second-order valence-electron chi connectivity index (χ2n) is 5.16. The Labute approximate surface area is 125 Å². The van der Waals surface area contributed by atoms with Gasteiger partial charge in [0.15, 0.2) is 0 Å². The SMILES string of the molecule is CC(C)NCC(OCCc1cccs1)c1ccccc1. The molecule has 0 fully saturated rings. The summed E-state index contributed by atoms with van der Waals surface area (Å²) in [5.41, 5.74) is 1.24. The molecule has 2 rings (SSSR count). The van der Waals surface area contributed by atoms with E-state index in [-0.39, 0.29) is 6.10 Å². The molecule has 0 radical (unpaired) electrons. The molecule has 2 aromatic rings. The number of benzene rings is 1. The summed E-state index contributed by atoms with van der Waals surface area (Å²) < 4.78 is 6.10. The van der Waals surface area contributed by atoms with Crippen LogP contribution in [0.25, 0.3) is 0 Å². The van der Waals surface area contributed by atoms with E-state index in [9.17, 15) is 0 Å². The van der Waals surface area contributed by atoms with Crippen molar-refractivity contribution in [2.45, 2.75) is 32.4 Å². The van der Waals surface area contributed by atoms with Crippen molar-refractivity contribution in [1.29, 1.82) is 0 Å². The maximum absolute atomic E-state index is 6.10. The van der Waals surface area contributed by atoms with Gasteiger partial charge in [0.2, 0.25) is 0 Å². The van der Waals surface area contributed by atoms with Crippen molar-refractivity contribution in [1.82, 2.24) is 5.32 Å². The van der Waals surface area contributed by atoms with E-state index in [2.05, 4.69) is 60.9 Å². The molecule has 2 nitrogen and oxygen atoms in total. The van der Waals surface area contributed by atoms with Gasteiger partial charge in [-0.15, -0.1) is 11.3 Å². The third-order valence-corrected chi connectivity index (χ3v) is 4.07. The highest BCUT2D eigenvalue weighted by molar-refractivity contribution is 7.09. The lowest BCUT2D eigenvalue weighted by molar-refractivity contribution is 0.0537. The monoisotopic (exact) mass is 289 g/mol. The summed E-state index contributed by atoms with van der Waals surface area (Å²) in [5, 5.41) is 5.58. The Bertz CT molecular complexity index is 467. The zero-order chi connectivity index (χ0) is 14.2. The van der Waals surface area contributed by atoms with Crippen molar-refractivity contribution >= 4 is 11.3 Å². The molecule has 20 heavy (non-hydrogen) atoms. The van der Waals surface area contributed by atoms with Gasteiger partial charge in [0.05, 0.1) is 12.7 Å². The molecule has 1 atom stereocenters. The average Bonchev–Trinajstić information content (AvgIpc) is 2.96. The number of hydrogen-bond donors (Lipinski definition) is 1. The van der Waals surface area contributed by atoms with E-state index < -0.39 is 0 Å². The van der Waals surface area contributed by atoms with E-state index in [4.69, 9.17) is 4.74 Å². The Morgan fingerprint density at radius 2 is 1.90 bits per heavy atom. The van der Waals surface area contributed by atoms with Crippen molar-refractivity contribution in [2.75, 3.05) is 13.2 Å². The van der Waals surface area contributed by atoms with E-state index >= 15 is 0 Å². The van der Waals surface area contributed by atoms with Crippen molar-refractivity contribution < 1.29 is 4.74 Å². The molecule has 0 bridgehead atoms. The molecule has 1 N–H and O–H groups in total. The van der Waals surface area contributed by atoms with Crippen LogP contribution in [0.15, 0.2) is 47.8 Å². The zero-order valence-corrected chi connectivity index (χ0v) is 13.0. The van der Waals surface area contributed by atoms with Crippen molar-refractivity contribution in [2.24, 2.45) is 0 Å². The lowest BCUT2D eigenvalue weighted by Gasteiger charge is -2.20. The molecule has 1 unspecified atom stereocenters. The van der Waals surface area contributed by atoms with Crippen LogP contribution >= 0.6 is 11.3 Å². The van der Waals surface area contributed by atoms with Crippen LogP contribution < -0.4 is 5.32 Å². The normalized spacial score (nSPS) is 12.8. The summed E-state index contributed by atoms with van der Waals surface area (Å²) in [5.74, 6) is 0. The van der Waals surface area contributed by atoms with E-state index in [1.54, 1.807) is 11.3 Å². The summed E-state index contributed by atoms with van der Waals surface area (Å²) in [6.07, 6.45) is 1.11. The molecular formula is C17H23NOS. The maximum atomic E-state index is 6.10. The first-order chi connectivity index (χ1) is 9.75. The molecule has 1 aromatic carbocycles. The number of ether oxygens (including phenoxy) is 1. The highest BCUT2D eigenvalue weighted by Gasteiger charge is 2.12. The van der Waals surface area contributed by atoms with E-state index in [0.29, 0.717) is 6.04 Å². The first-order valence-electron chi connectivity index (χ1n) is 7.18. The smallest absolute Gasteiger partial charge is 0.0949 e. The second kappa shape index (κ2) is 8.20. The van der Waals surface area contributed by atoms with Gasteiger partial charge in [-0.25, -0.2) is 0 Å². The minimum Gasteiger partial charge on any atom is -0.372 e. The molecule has 0 amide bonds. The minimum atomic E-state index is 0.124. The van der Waals surface area contributed by atoms with Crippen LogP contribution in [0.4, 0.5) is 0 Å². The molecule has 1 heterocycles. The molecule has 0 saturated carbocycles. The average molecular weight is 289 g/mol. The molecule has 3 heteroatoms. The number of thiophene rings is 1. The third kappa shape index (κ3) is 5.08. The van der Waals surface area contributed by atoms with Gasteiger partial charge in [-0.05, 0) is 17.0 Å². The van der Waals surface area contributed by atoms with Gasteiger partial charge in [-0.1, -0.05) is 50.2 Å². The first kappa shape index (κ1) is 15.2. The molecule has 0 spiro atoms. The maximum Gasteiger partial charge on any atom is 0.0949 e. The zero-order valence-electron chi connectivity index (χ0n) is 12.2. The molecule has 0 aliphatic carbocycles. The Balaban J connectivity index is 1.88. The van der Waals surface area contributed by atoms with Gasteiger partial charge in [-0.3, -0.25) is 0 Å². The summed E-state index contributed by atoms with van der Waals surface area (Å²) >= 11 is 1.79. The Morgan fingerprint density at radius 1 is 1.10 bits per heavy atom. The first-order valence-corrected chi connectivity index (χ1v) is 8.06. The fraction of sp³-hybridized carbons (Fsp3) is 0.412. The van der Waals surface area contributed by atoms with E-state index in [1.165, 1.54) is 10.4 Å². The van der Waals surface area contributed by atoms with Crippen LogP contribution in [0, 0.1) is 0 Å². The topological polar surface area (TPSA) is 21.3 Å². The highest BCUT2D eigenvalue weighted by Crippen LogP contribution is 2.18. The fourth-order valence-corrected chi connectivity index (χ4v) is 2.73. The molecule has 0 aliphatic rings. The molecule has 0 saturated heterocycles. The molecule has 1 aromatic heterocycles. The summed E-state index contributed by atoms with van der Waals surface area (Å²) in [4.78, 5) is 1.38. The third-order valence-electron chi connectivity index (χ3n) is 3.13. The van der Waals surface area contributed by atoms with Crippen LogP contribution in [-0.4, -0.2) is 19.2 Å². The summed E-state index contributed by atoms with van der Waals surface area (Å²) in [7, 11) is 0. The van der Waals surface area contributed by atoms with Crippen LogP contribution in [0.2, 0.25) is 0 Å². The Morgan fingerprint density at radius 3 is 2.55 bits per heavy atom. The Kier molecular flexibility index (Phi) is 6.25. The van der Waals surface area contributed by atoms with Crippen LogP contribution in [0.3, 0.4) is 0 Å². The number of rotatable bonds is 8. The van der Waals surface area contributed by atoms with E-state index in [1.807, 2.05) is 6.07 Å². The molecule has 108 valence electrons. The molecule has 0 aliphatic heterocycles. The minimum absolute atomic E-state index is 0.124. The van der Waals surface area contributed by atoms with Crippen LogP contribution in [0.1, 0.15) is 30.4 Å². The van der Waals surface area contributed by atoms with Crippen molar-refractivity contribution in [3.8, 4) is 0 Å². The molecular weight excluding hydrogens is 266 g/mol. The standard InChI is InChI=1S/C17H23NOS/c1-14(2)18-13-17(15-7-4-3-5-8-15)19-11-10-16-9-6-12-20-16/h3-9,12,14,17-18H,10-11,13H2,1-2H3. The second-order valence-corrected chi connectivity index (χ2v) is 6.19.